The molecule has 146 valence electrons. The molecule has 3 aromatic rings. The van der Waals surface area contributed by atoms with E-state index in [2.05, 4.69) is 16.0 Å². The Hall–Kier alpha value is -2.18. The van der Waals surface area contributed by atoms with Gasteiger partial charge in [0.05, 0.1) is 21.7 Å². The lowest BCUT2D eigenvalue weighted by atomic mass is 9.99. The van der Waals surface area contributed by atoms with E-state index in [4.69, 9.17) is 4.98 Å². The van der Waals surface area contributed by atoms with Crippen LogP contribution in [-0.2, 0) is 16.3 Å². The lowest BCUT2D eigenvalue weighted by molar-refractivity contribution is 0.299. The minimum Gasteiger partial charge on any atom is -0.325 e. The first-order valence-corrected chi connectivity index (χ1v) is 11.7. The maximum Gasteiger partial charge on any atom is 0.178 e. The molecule has 0 aliphatic carbocycles. The zero-order valence-corrected chi connectivity index (χ0v) is 16.6. The van der Waals surface area contributed by atoms with Crippen LogP contribution in [0, 0.1) is 0 Å². The molecule has 28 heavy (non-hydrogen) atoms. The van der Waals surface area contributed by atoms with Crippen LogP contribution in [0.5, 0.6) is 0 Å². The van der Waals surface area contributed by atoms with Gasteiger partial charge >= 0.3 is 0 Å². The Morgan fingerprint density at radius 2 is 1.64 bits per heavy atom. The normalized spacial score (nSPS) is 24.6. The number of piperidine rings is 1. The molecule has 5 nitrogen and oxygen atoms in total. The molecule has 0 spiro atoms. The van der Waals surface area contributed by atoms with Crippen LogP contribution < -0.4 is 5.32 Å². The Bertz CT molecular complexity index is 1080. The highest BCUT2D eigenvalue weighted by atomic mass is 32.2. The predicted octanol–water partition coefficient (Wildman–Crippen LogP) is 3.51. The van der Waals surface area contributed by atoms with Crippen molar-refractivity contribution in [2.75, 3.05) is 5.75 Å². The number of aryl methyl sites for hydroxylation is 1. The fourth-order valence-corrected chi connectivity index (χ4v) is 6.15. The van der Waals surface area contributed by atoms with Crippen molar-refractivity contribution in [1.29, 1.82) is 0 Å². The molecule has 2 aromatic carbocycles. The average Bonchev–Trinajstić information content (AvgIpc) is 3.26. The summed E-state index contributed by atoms with van der Waals surface area (Å²) in [5, 5.41) is 3.70. The van der Waals surface area contributed by atoms with E-state index < -0.39 is 9.84 Å². The van der Waals surface area contributed by atoms with E-state index in [0.717, 1.165) is 29.7 Å². The number of imidazole rings is 1. The Labute approximate surface area is 165 Å². The Morgan fingerprint density at radius 1 is 0.964 bits per heavy atom. The first kappa shape index (κ1) is 17.9. The van der Waals surface area contributed by atoms with Gasteiger partial charge in [0.25, 0.3) is 0 Å². The minimum absolute atomic E-state index is 0.0815. The van der Waals surface area contributed by atoms with Gasteiger partial charge in [0, 0.05) is 24.5 Å². The summed E-state index contributed by atoms with van der Waals surface area (Å²) in [6.07, 6.45) is 5.10. The highest BCUT2D eigenvalue weighted by Gasteiger charge is 2.35. The molecule has 0 unspecified atom stereocenters. The predicted molar refractivity (Wildman–Crippen MR) is 110 cm³/mol. The van der Waals surface area contributed by atoms with Crippen molar-refractivity contribution in [3.05, 3.63) is 60.4 Å². The number of fused-ring (bicyclic) bond motifs is 3. The summed E-state index contributed by atoms with van der Waals surface area (Å²) in [6, 6.07) is 18.4. The molecule has 0 amide bonds. The molecule has 2 saturated heterocycles. The van der Waals surface area contributed by atoms with E-state index in [-0.39, 0.29) is 5.75 Å². The second-order valence-corrected chi connectivity index (χ2v) is 10.1. The van der Waals surface area contributed by atoms with Gasteiger partial charge in [-0.1, -0.05) is 30.3 Å². The summed E-state index contributed by atoms with van der Waals surface area (Å²) in [7, 11) is -3.32. The first-order valence-electron chi connectivity index (χ1n) is 10.1. The SMILES string of the molecule is O=S(=O)(CCc1nc2ccccc2n1[C@H]1C[C@H]2CC[C@@H](C1)N2)c1ccccc1. The van der Waals surface area contributed by atoms with Crippen LogP contribution in [0.2, 0.25) is 0 Å². The van der Waals surface area contributed by atoms with E-state index in [0.29, 0.717) is 29.4 Å². The van der Waals surface area contributed by atoms with E-state index in [1.165, 1.54) is 12.8 Å². The molecule has 0 saturated carbocycles. The summed E-state index contributed by atoms with van der Waals surface area (Å²) in [5.41, 5.74) is 2.08. The quantitative estimate of drug-likeness (QED) is 0.718. The maximum atomic E-state index is 12.8. The topological polar surface area (TPSA) is 64.0 Å². The molecule has 2 fully saturated rings. The summed E-state index contributed by atoms with van der Waals surface area (Å²) in [5.74, 6) is 0.977. The Kier molecular flexibility index (Phi) is 4.48. The van der Waals surface area contributed by atoms with E-state index in [1.807, 2.05) is 24.3 Å². The number of aromatic nitrogens is 2. The van der Waals surface area contributed by atoms with Crippen LogP contribution >= 0.6 is 0 Å². The Morgan fingerprint density at radius 3 is 2.39 bits per heavy atom. The number of hydrogen-bond acceptors (Lipinski definition) is 4. The van der Waals surface area contributed by atoms with Crippen molar-refractivity contribution in [3.8, 4) is 0 Å². The van der Waals surface area contributed by atoms with Gasteiger partial charge in [-0.3, -0.25) is 0 Å². The number of hydrogen-bond donors (Lipinski definition) is 1. The molecule has 0 radical (unpaired) electrons. The van der Waals surface area contributed by atoms with Gasteiger partial charge in [-0.2, -0.15) is 0 Å². The van der Waals surface area contributed by atoms with Gasteiger partial charge in [-0.05, 0) is 49.9 Å². The van der Waals surface area contributed by atoms with Crippen LogP contribution in [0.4, 0.5) is 0 Å². The van der Waals surface area contributed by atoms with E-state index in [1.54, 1.807) is 24.3 Å². The molecule has 2 bridgehead atoms. The van der Waals surface area contributed by atoms with Crippen LogP contribution in [-0.4, -0.2) is 35.8 Å². The van der Waals surface area contributed by atoms with Crippen molar-refractivity contribution >= 4 is 20.9 Å². The third-order valence-electron chi connectivity index (χ3n) is 6.18. The van der Waals surface area contributed by atoms with E-state index >= 15 is 0 Å². The van der Waals surface area contributed by atoms with Gasteiger partial charge in [0.15, 0.2) is 9.84 Å². The second kappa shape index (κ2) is 7.01. The Balaban J connectivity index is 1.48. The molecular formula is C22H25N3O2S. The lowest BCUT2D eigenvalue weighted by Crippen LogP contribution is -2.39. The molecule has 2 aliphatic heterocycles. The number of para-hydroxylation sites is 2. The number of benzene rings is 2. The molecule has 3 heterocycles. The molecule has 6 heteroatoms. The van der Waals surface area contributed by atoms with Crippen molar-refractivity contribution < 1.29 is 8.42 Å². The smallest absolute Gasteiger partial charge is 0.178 e. The standard InChI is InChI=1S/C22H25N3O2S/c26-28(27,19-6-2-1-3-7-19)13-12-22-24-20-8-4-5-9-21(20)25(22)18-14-16-10-11-17(15-18)23-16/h1-9,16-18,23H,10-15H2/t16-,17+,18+. The molecule has 1 N–H and O–H groups in total. The average molecular weight is 396 g/mol. The van der Waals surface area contributed by atoms with E-state index in [9.17, 15) is 8.42 Å². The van der Waals surface area contributed by atoms with Gasteiger partial charge in [-0.25, -0.2) is 13.4 Å². The highest BCUT2D eigenvalue weighted by Crippen LogP contribution is 2.36. The van der Waals surface area contributed by atoms with Crippen molar-refractivity contribution in [2.45, 2.75) is 55.1 Å². The maximum absolute atomic E-state index is 12.8. The van der Waals surface area contributed by atoms with Gasteiger partial charge in [0.2, 0.25) is 0 Å². The zero-order valence-electron chi connectivity index (χ0n) is 15.8. The lowest BCUT2D eigenvalue weighted by Gasteiger charge is -2.31. The van der Waals surface area contributed by atoms with Crippen LogP contribution in [0.25, 0.3) is 11.0 Å². The summed E-state index contributed by atoms with van der Waals surface area (Å²) in [4.78, 5) is 5.22. The number of rotatable bonds is 5. The number of nitrogens with zero attached hydrogens (tertiary/aromatic N) is 2. The molecule has 3 atom stereocenters. The third kappa shape index (κ3) is 3.25. The van der Waals surface area contributed by atoms with Crippen LogP contribution in [0.3, 0.4) is 0 Å². The van der Waals surface area contributed by atoms with Gasteiger partial charge in [0.1, 0.15) is 5.82 Å². The fourth-order valence-electron chi connectivity index (χ4n) is 4.89. The summed E-state index contributed by atoms with van der Waals surface area (Å²) < 4.78 is 27.9. The van der Waals surface area contributed by atoms with Crippen molar-refractivity contribution in [1.82, 2.24) is 14.9 Å². The molecule has 5 rings (SSSR count). The zero-order chi connectivity index (χ0) is 19.1. The second-order valence-electron chi connectivity index (χ2n) is 8.03. The molecule has 2 aliphatic rings. The largest absolute Gasteiger partial charge is 0.325 e. The van der Waals surface area contributed by atoms with Crippen LogP contribution in [0.15, 0.2) is 59.5 Å². The highest BCUT2D eigenvalue weighted by molar-refractivity contribution is 7.91. The first-order chi connectivity index (χ1) is 13.6. The molecule has 1 aromatic heterocycles. The number of sulfone groups is 1. The van der Waals surface area contributed by atoms with Crippen molar-refractivity contribution in [3.63, 3.8) is 0 Å². The van der Waals surface area contributed by atoms with Crippen LogP contribution in [0.1, 0.15) is 37.5 Å². The molecular weight excluding hydrogens is 370 g/mol. The van der Waals surface area contributed by atoms with Crippen molar-refractivity contribution in [2.24, 2.45) is 0 Å². The monoisotopic (exact) mass is 395 g/mol. The fraction of sp³-hybridized carbons (Fsp3) is 0.409. The van der Waals surface area contributed by atoms with Gasteiger partial charge in [-0.15, -0.1) is 0 Å². The summed E-state index contributed by atoms with van der Waals surface area (Å²) >= 11 is 0. The number of nitrogens with one attached hydrogen (secondary N) is 1. The third-order valence-corrected chi connectivity index (χ3v) is 7.91. The van der Waals surface area contributed by atoms with Gasteiger partial charge < -0.3 is 9.88 Å². The minimum atomic E-state index is -3.32. The summed E-state index contributed by atoms with van der Waals surface area (Å²) in [6.45, 7) is 0.